The summed E-state index contributed by atoms with van der Waals surface area (Å²) in [7, 11) is 0. The third-order valence-corrected chi connectivity index (χ3v) is 5.89. The Kier molecular flexibility index (Phi) is 5.24. The summed E-state index contributed by atoms with van der Waals surface area (Å²) in [5.41, 5.74) is -0.778. The topological polar surface area (TPSA) is 81.5 Å². The molecule has 1 atom stereocenters. The fraction of sp³-hybridized carbons (Fsp3) is 0.833. The number of ether oxygens (including phenoxy) is 2. The Morgan fingerprint density at radius 1 is 1.23 bits per heavy atom. The average molecular weight is 363 g/mol. The van der Waals surface area contributed by atoms with Crippen molar-refractivity contribution in [2.45, 2.75) is 50.7 Å². The van der Waals surface area contributed by atoms with Crippen molar-refractivity contribution >= 4 is 5.91 Å². The first-order chi connectivity index (χ1) is 12.7. The van der Waals surface area contributed by atoms with Crippen LogP contribution in [0.2, 0.25) is 0 Å². The summed E-state index contributed by atoms with van der Waals surface area (Å²) in [6, 6.07) is 0. The van der Waals surface area contributed by atoms with Crippen LogP contribution in [-0.4, -0.2) is 71.6 Å². The molecule has 144 valence electrons. The molecule has 4 rings (SSSR count). The van der Waals surface area contributed by atoms with Gasteiger partial charge in [-0.05, 0) is 19.8 Å². The van der Waals surface area contributed by atoms with E-state index in [1.807, 2.05) is 6.92 Å². The zero-order valence-electron chi connectivity index (χ0n) is 15.6. The van der Waals surface area contributed by atoms with Crippen molar-refractivity contribution in [1.29, 1.82) is 0 Å². The minimum absolute atomic E-state index is 0.00856. The molecular formula is C18H29N5O3. The fourth-order valence-corrected chi connectivity index (χ4v) is 4.33. The molecule has 1 N–H and O–H groups in total. The lowest BCUT2D eigenvalue weighted by Gasteiger charge is -2.36. The molecule has 2 fully saturated rings. The zero-order chi connectivity index (χ0) is 18.0. The van der Waals surface area contributed by atoms with Crippen molar-refractivity contribution < 1.29 is 14.3 Å². The molecule has 1 unspecified atom stereocenters. The Bertz CT molecular complexity index is 637. The molecule has 0 radical (unpaired) electrons. The number of carbonyl (C=O) groups excluding carboxylic acids is 1. The summed E-state index contributed by atoms with van der Waals surface area (Å²) in [6.45, 7) is 7.61. The molecule has 2 aliphatic heterocycles. The maximum atomic E-state index is 13.1. The first-order valence-corrected chi connectivity index (χ1v) is 9.79. The van der Waals surface area contributed by atoms with Gasteiger partial charge >= 0.3 is 0 Å². The minimum atomic E-state index is -0.778. The predicted molar refractivity (Wildman–Crippen MR) is 94.8 cm³/mol. The van der Waals surface area contributed by atoms with Gasteiger partial charge in [0.1, 0.15) is 18.0 Å². The lowest BCUT2D eigenvalue weighted by Crippen LogP contribution is -2.54. The summed E-state index contributed by atoms with van der Waals surface area (Å²) < 4.78 is 13.1. The lowest BCUT2D eigenvalue weighted by molar-refractivity contribution is -0.135. The SMILES string of the molecule is CC1(C(=O)NCCN2CCOCC2)COCc2nnc(C3CCCC3)n21. The summed E-state index contributed by atoms with van der Waals surface area (Å²) in [4.78, 5) is 15.4. The highest BCUT2D eigenvalue weighted by atomic mass is 16.5. The van der Waals surface area contributed by atoms with Gasteiger partial charge in [0.15, 0.2) is 5.82 Å². The van der Waals surface area contributed by atoms with Gasteiger partial charge in [0, 0.05) is 32.1 Å². The van der Waals surface area contributed by atoms with E-state index in [1.165, 1.54) is 12.8 Å². The van der Waals surface area contributed by atoms with Crippen molar-refractivity contribution in [2.24, 2.45) is 0 Å². The van der Waals surface area contributed by atoms with Crippen LogP contribution in [0.25, 0.3) is 0 Å². The number of fused-ring (bicyclic) bond motifs is 1. The number of amides is 1. The third kappa shape index (κ3) is 3.37. The molecule has 1 aromatic rings. The Labute approximate surface area is 154 Å². The third-order valence-electron chi connectivity index (χ3n) is 5.89. The lowest BCUT2D eigenvalue weighted by atomic mass is 9.98. The predicted octanol–water partition coefficient (Wildman–Crippen LogP) is 0.630. The second-order valence-electron chi connectivity index (χ2n) is 7.77. The monoisotopic (exact) mass is 363 g/mol. The molecule has 1 amide bonds. The molecular weight excluding hydrogens is 334 g/mol. The zero-order valence-corrected chi connectivity index (χ0v) is 15.6. The molecule has 1 aliphatic carbocycles. The number of hydrogen-bond acceptors (Lipinski definition) is 6. The van der Waals surface area contributed by atoms with Crippen LogP contribution in [0.5, 0.6) is 0 Å². The van der Waals surface area contributed by atoms with Crippen LogP contribution < -0.4 is 5.32 Å². The summed E-state index contributed by atoms with van der Waals surface area (Å²) in [5, 5.41) is 11.9. The largest absolute Gasteiger partial charge is 0.379 e. The van der Waals surface area contributed by atoms with Gasteiger partial charge in [-0.3, -0.25) is 14.3 Å². The van der Waals surface area contributed by atoms with E-state index in [0.29, 0.717) is 25.7 Å². The second kappa shape index (κ2) is 7.62. The number of hydrogen-bond donors (Lipinski definition) is 1. The number of nitrogens with zero attached hydrogens (tertiary/aromatic N) is 4. The molecule has 3 aliphatic rings. The molecule has 0 aromatic carbocycles. The first kappa shape index (κ1) is 17.9. The second-order valence-corrected chi connectivity index (χ2v) is 7.77. The van der Waals surface area contributed by atoms with Gasteiger partial charge in [0.2, 0.25) is 5.91 Å². The fourth-order valence-electron chi connectivity index (χ4n) is 4.33. The van der Waals surface area contributed by atoms with Gasteiger partial charge in [-0.2, -0.15) is 0 Å². The van der Waals surface area contributed by atoms with E-state index in [0.717, 1.165) is 57.3 Å². The smallest absolute Gasteiger partial charge is 0.248 e. The molecule has 1 saturated heterocycles. The highest BCUT2D eigenvalue weighted by Crippen LogP contribution is 2.37. The van der Waals surface area contributed by atoms with E-state index >= 15 is 0 Å². The Hall–Kier alpha value is -1.51. The Morgan fingerprint density at radius 2 is 2.00 bits per heavy atom. The van der Waals surface area contributed by atoms with Crippen molar-refractivity contribution in [3.63, 3.8) is 0 Å². The molecule has 1 saturated carbocycles. The van der Waals surface area contributed by atoms with Crippen LogP contribution in [0, 0.1) is 0 Å². The van der Waals surface area contributed by atoms with Crippen molar-refractivity contribution in [2.75, 3.05) is 46.0 Å². The standard InChI is InChI=1S/C18H29N5O3/c1-18(17(24)19-6-7-22-8-10-25-11-9-22)13-26-12-15-20-21-16(23(15)18)14-4-2-3-5-14/h14H,2-13H2,1H3,(H,19,24). The number of rotatable bonds is 5. The van der Waals surface area contributed by atoms with Crippen LogP contribution >= 0.6 is 0 Å². The Balaban J connectivity index is 1.45. The molecule has 1 aromatic heterocycles. The Morgan fingerprint density at radius 3 is 2.77 bits per heavy atom. The number of nitrogens with one attached hydrogen (secondary N) is 1. The normalized spacial score (nSPS) is 27.4. The molecule has 3 heterocycles. The van der Waals surface area contributed by atoms with Crippen molar-refractivity contribution in [3.05, 3.63) is 11.6 Å². The number of aromatic nitrogens is 3. The molecule has 0 spiro atoms. The van der Waals surface area contributed by atoms with E-state index in [1.54, 1.807) is 0 Å². The average Bonchev–Trinajstić information content (AvgIpc) is 3.32. The van der Waals surface area contributed by atoms with Gasteiger partial charge in [0.25, 0.3) is 0 Å². The molecule has 26 heavy (non-hydrogen) atoms. The number of morpholine rings is 1. The highest BCUT2D eigenvalue weighted by Gasteiger charge is 2.43. The van der Waals surface area contributed by atoms with E-state index in [2.05, 4.69) is 25.0 Å². The van der Waals surface area contributed by atoms with E-state index in [9.17, 15) is 4.79 Å². The summed E-state index contributed by atoms with van der Waals surface area (Å²) in [5.74, 6) is 2.14. The van der Waals surface area contributed by atoms with E-state index < -0.39 is 5.54 Å². The van der Waals surface area contributed by atoms with Gasteiger partial charge in [-0.25, -0.2) is 0 Å². The summed E-state index contributed by atoms with van der Waals surface area (Å²) >= 11 is 0. The van der Waals surface area contributed by atoms with E-state index in [-0.39, 0.29) is 5.91 Å². The molecule has 8 heteroatoms. The summed E-state index contributed by atoms with van der Waals surface area (Å²) in [6.07, 6.45) is 4.72. The molecule has 0 bridgehead atoms. The van der Waals surface area contributed by atoms with Crippen LogP contribution in [0.15, 0.2) is 0 Å². The first-order valence-electron chi connectivity index (χ1n) is 9.79. The van der Waals surface area contributed by atoms with Crippen LogP contribution in [-0.2, 0) is 26.4 Å². The van der Waals surface area contributed by atoms with Crippen molar-refractivity contribution in [1.82, 2.24) is 25.0 Å². The van der Waals surface area contributed by atoms with Gasteiger partial charge in [-0.1, -0.05) is 12.8 Å². The van der Waals surface area contributed by atoms with Gasteiger partial charge in [0.05, 0.1) is 19.8 Å². The quantitative estimate of drug-likeness (QED) is 0.826. The molecule has 8 nitrogen and oxygen atoms in total. The van der Waals surface area contributed by atoms with Gasteiger partial charge < -0.3 is 14.8 Å². The van der Waals surface area contributed by atoms with E-state index in [4.69, 9.17) is 9.47 Å². The maximum absolute atomic E-state index is 13.1. The van der Waals surface area contributed by atoms with Gasteiger partial charge in [-0.15, -0.1) is 10.2 Å². The van der Waals surface area contributed by atoms with Crippen LogP contribution in [0.1, 0.15) is 50.2 Å². The van der Waals surface area contributed by atoms with Crippen molar-refractivity contribution in [3.8, 4) is 0 Å². The maximum Gasteiger partial charge on any atom is 0.248 e. The van der Waals surface area contributed by atoms with Crippen LogP contribution in [0.3, 0.4) is 0 Å². The minimum Gasteiger partial charge on any atom is -0.379 e. The highest BCUT2D eigenvalue weighted by molar-refractivity contribution is 5.84. The van der Waals surface area contributed by atoms with Crippen LogP contribution in [0.4, 0.5) is 0 Å². The number of carbonyl (C=O) groups is 1.